The number of aryl methyl sites for hydroxylation is 2. The number of para-hydroxylation sites is 1. The van der Waals surface area contributed by atoms with Gasteiger partial charge in [-0.25, -0.2) is 9.69 Å². The lowest BCUT2D eigenvalue weighted by Crippen LogP contribution is -2.33. The Balaban J connectivity index is 1.77. The molecule has 0 saturated heterocycles. The second-order valence-corrected chi connectivity index (χ2v) is 9.25. The Morgan fingerprint density at radius 3 is 2.40 bits per heavy atom. The van der Waals surface area contributed by atoms with Gasteiger partial charge >= 0.3 is 5.97 Å². The van der Waals surface area contributed by atoms with Gasteiger partial charge in [0, 0.05) is 10.6 Å². The number of hydrogen-bond acceptors (Lipinski definition) is 6. The predicted molar refractivity (Wildman–Crippen MR) is 138 cm³/mol. The predicted octanol–water partition coefficient (Wildman–Crippen LogP) is 5.86. The normalized spacial score (nSPS) is 13.4. The third kappa shape index (κ3) is 5.15. The third-order valence-corrected chi connectivity index (χ3v) is 6.55. The van der Waals surface area contributed by atoms with Crippen molar-refractivity contribution in [3.63, 3.8) is 0 Å². The van der Waals surface area contributed by atoms with E-state index in [0.717, 1.165) is 26.6 Å². The molecule has 0 spiro atoms. The van der Waals surface area contributed by atoms with Gasteiger partial charge < -0.3 is 10.1 Å². The Hall–Kier alpha value is -3.84. The van der Waals surface area contributed by atoms with Crippen LogP contribution >= 0.6 is 11.8 Å². The molecule has 0 atom stereocenters. The number of esters is 1. The van der Waals surface area contributed by atoms with Gasteiger partial charge in [0.1, 0.15) is 10.6 Å². The van der Waals surface area contributed by atoms with Gasteiger partial charge in [-0.1, -0.05) is 61.2 Å². The fourth-order valence-electron chi connectivity index (χ4n) is 3.66. The van der Waals surface area contributed by atoms with E-state index in [-0.39, 0.29) is 28.5 Å². The Morgan fingerprint density at radius 2 is 1.66 bits per heavy atom. The van der Waals surface area contributed by atoms with Gasteiger partial charge in [0.2, 0.25) is 0 Å². The van der Waals surface area contributed by atoms with Gasteiger partial charge in [0.15, 0.2) is 0 Å². The van der Waals surface area contributed by atoms with Crippen LogP contribution in [0.1, 0.15) is 34.8 Å². The molecule has 35 heavy (non-hydrogen) atoms. The highest BCUT2D eigenvalue weighted by molar-refractivity contribution is 8.04. The van der Waals surface area contributed by atoms with E-state index in [2.05, 4.69) is 5.32 Å². The largest absolute Gasteiger partial charge is 0.462 e. The van der Waals surface area contributed by atoms with Gasteiger partial charge in [0.25, 0.3) is 11.8 Å². The molecule has 0 radical (unpaired) electrons. The van der Waals surface area contributed by atoms with Crippen molar-refractivity contribution in [1.82, 2.24) is 0 Å². The molecule has 0 unspecified atom stereocenters. The number of hydrogen-bond donors (Lipinski definition) is 1. The van der Waals surface area contributed by atoms with E-state index in [1.807, 2.05) is 69.3 Å². The van der Waals surface area contributed by atoms with Crippen molar-refractivity contribution in [1.29, 1.82) is 0 Å². The second-order valence-electron chi connectivity index (χ2n) is 8.16. The summed E-state index contributed by atoms with van der Waals surface area (Å²) in [6.07, 6.45) is 0.665. The lowest BCUT2D eigenvalue weighted by molar-refractivity contribution is -0.120. The van der Waals surface area contributed by atoms with Crippen molar-refractivity contribution in [2.45, 2.75) is 32.1 Å². The maximum absolute atomic E-state index is 13.7. The maximum Gasteiger partial charge on any atom is 0.340 e. The number of carbonyl (C=O) groups excluding carboxylic acids is 3. The summed E-state index contributed by atoms with van der Waals surface area (Å²) >= 11 is 1.22. The molecule has 7 heteroatoms. The van der Waals surface area contributed by atoms with Crippen LogP contribution in [0.15, 0.2) is 88.3 Å². The molecule has 0 bridgehead atoms. The summed E-state index contributed by atoms with van der Waals surface area (Å²) in [5.41, 5.74) is 3.24. The molecule has 6 nitrogen and oxygen atoms in total. The van der Waals surface area contributed by atoms with Crippen molar-refractivity contribution in [3.05, 3.63) is 100 Å². The van der Waals surface area contributed by atoms with Crippen LogP contribution in [0.2, 0.25) is 0 Å². The highest BCUT2D eigenvalue weighted by Crippen LogP contribution is 2.39. The number of nitrogens with zero attached hydrogens (tertiary/aromatic N) is 1. The molecule has 1 N–H and O–H groups in total. The molecular weight excluding hydrogens is 460 g/mol. The highest BCUT2D eigenvalue weighted by Gasteiger charge is 2.41. The molecule has 4 rings (SSSR count). The SMILES string of the molecule is CCCOC(=O)c1ccccc1N1C(=O)C(Nc2cc(C)ccc2C)=C(Sc2ccccc2)C1=O. The molecule has 2 amide bonds. The summed E-state index contributed by atoms with van der Waals surface area (Å²) in [5.74, 6) is -1.59. The van der Waals surface area contributed by atoms with Crippen LogP contribution in [0.25, 0.3) is 0 Å². The molecule has 0 aromatic heterocycles. The van der Waals surface area contributed by atoms with Crippen LogP contribution in [0.4, 0.5) is 11.4 Å². The molecule has 0 aliphatic carbocycles. The summed E-state index contributed by atoms with van der Waals surface area (Å²) in [6.45, 7) is 6.05. The molecule has 3 aromatic carbocycles. The van der Waals surface area contributed by atoms with E-state index in [9.17, 15) is 14.4 Å². The van der Waals surface area contributed by atoms with Gasteiger partial charge in [-0.3, -0.25) is 9.59 Å². The number of rotatable bonds is 8. The minimum Gasteiger partial charge on any atom is -0.462 e. The first-order chi connectivity index (χ1) is 16.9. The number of nitrogens with one attached hydrogen (secondary N) is 1. The van der Waals surface area contributed by atoms with E-state index in [0.29, 0.717) is 6.42 Å². The molecule has 0 fully saturated rings. The quantitative estimate of drug-likeness (QED) is 0.318. The number of imide groups is 1. The lowest BCUT2D eigenvalue weighted by atomic mass is 10.1. The zero-order valence-electron chi connectivity index (χ0n) is 19.8. The van der Waals surface area contributed by atoms with Crippen molar-refractivity contribution in [2.24, 2.45) is 0 Å². The molecule has 178 valence electrons. The minimum absolute atomic E-state index is 0.166. The first kappa shape index (κ1) is 24.3. The van der Waals surface area contributed by atoms with Crippen molar-refractivity contribution in [3.8, 4) is 0 Å². The number of benzene rings is 3. The first-order valence-corrected chi connectivity index (χ1v) is 12.2. The number of anilines is 2. The highest BCUT2D eigenvalue weighted by atomic mass is 32.2. The van der Waals surface area contributed by atoms with Crippen molar-refractivity contribution < 1.29 is 19.1 Å². The molecule has 3 aromatic rings. The monoisotopic (exact) mass is 486 g/mol. The van der Waals surface area contributed by atoms with Crippen LogP contribution in [0, 0.1) is 13.8 Å². The number of carbonyl (C=O) groups is 3. The molecule has 1 aliphatic heterocycles. The van der Waals surface area contributed by atoms with Crippen LogP contribution in [-0.2, 0) is 14.3 Å². The Kier molecular flexibility index (Phi) is 7.36. The summed E-state index contributed by atoms with van der Waals surface area (Å²) < 4.78 is 5.30. The minimum atomic E-state index is -0.573. The van der Waals surface area contributed by atoms with Crippen LogP contribution in [-0.4, -0.2) is 24.4 Å². The smallest absolute Gasteiger partial charge is 0.340 e. The van der Waals surface area contributed by atoms with Crippen LogP contribution in [0.5, 0.6) is 0 Å². The first-order valence-electron chi connectivity index (χ1n) is 11.4. The van der Waals surface area contributed by atoms with Gasteiger partial charge in [-0.05, 0) is 61.7 Å². The third-order valence-electron chi connectivity index (χ3n) is 5.46. The molecule has 1 aliphatic rings. The summed E-state index contributed by atoms with van der Waals surface area (Å²) in [7, 11) is 0. The zero-order chi connectivity index (χ0) is 24.9. The lowest BCUT2D eigenvalue weighted by Gasteiger charge is -2.18. The van der Waals surface area contributed by atoms with Gasteiger partial charge in [0.05, 0.1) is 17.9 Å². The zero-order valence-corrected chi connectivity index (χ0v) is 20.6. The number of amides is 2. The number of thioether (sulfide) groups is 1. The Morgan fingerprint density at radius 1 is 0.943 bits per heavy atom. The fourth-order valence-corrected chi connectivity index (χ4v) is 4.61. The average molecular weight is 487 g/mol. The molecule has 0 saturated carbocycles. The van der Waals surface area contributed by atoms with Crippen molar-refractivity contribution >= 4 is 40.9 Å². The van der Waals surface area contributed by atoms with Crippen molar-refractivity contribution in [2.75, 3.05) is 16.8 Å². The van der Waals surface area contributed by atoms with Gasteiger partial charge in [-0.2, -0.15) is 0 Å². The Bertz CT molecular complexity index is 1320. The average Bonchev–Trinajstić information content (AvgIpc) is 3.09. The van der Waals surface area contributed by atoms with E-state index >= 15 is 0 Å². The standard InChI is InChI=1S/C28H26N2O4S/c1-4-16-34-28(33)21-12-8-9-13-23(21)30-26(31)24(29-22-17-18(2)14-15-19(22)3)25(27(30)32)35-20-10-6-5-7-11-20/h5-15,17,29H,4,16H2,1-3H3. The van der Waals surface area contributed by atoms with Gasteiger partial charge in [-0.15, -0.1) is 0 Å². The Labute approximate surface area is 209 Å². The fraction of sp³-hybridized carbons (Fsp3) is 0.179. The maximum atomic E-state index is 13.7. The molecular formula is C28H26N2O4S. The summed E-state index contributed by atoms with van der Waals surface area (Å²) in [6, 6.07) is 21.8. The second kappa shape index (κ2) is 10.6. The molecule has 1 heterocycles. The van der Waals surface area contributed by atoms with E-state index in [1.165, 1.54) is 11.8 Å². The summed E-state index contributed by atoms with van der Waals surface area (Å²) in [4.78, 5) is 42.3. The summed E-state index contributed by atoms with van der Waals surface area (Å²) in [5, 5.41) is 3.21. The van der Waals surface area contributed by atoms with Crippen LogP contribution < -0.4 is 10.2 Å². The number of ether oxygens (including phenoxy) is 1. The van der Waals surface area contributed by atoms with E-state index < -0.39 is 17.8 Å². The van der Waals surface area contributed by atoms with E-state index in [4.69, 9.17) is 4.74 Å². The van der Waals surface area contributed by atoms with Crippen LogP contribution in [0.3, 0.4) is 0 Å². The topological polar surface area (TPSA) is 75.7 Å². The van der Waals surface area contributed by atoms with E-state index in [1.54, 1.807) is 24.3 Å².